The van der Waals surface area contributed by atoms with E-state index in [1.165, 1.54) is 0 Å². The van der Waals surface area contributed by atoms with Crippen LogP contribution in [0.4, 0.5) is 0 Å². The van der Waals surface area contributed by atoms with Gasteiger partial charge in [-0.05, 0) is 72.8 Å². The molecule has 1 radical (unpaired) electrons. The Morgan fingerprint density at radius 1 is 0.500 bits per heavy atom. The van der Waals surface area contributed by atoms with Crippen LogP contribution in [0.3, 0.4) is 0 Å². The molecule has 2 aliphatic heterocycles. The predicted octanol–water partition coefficient (Wildman–Crippen LogP) is 5.29. The predicted molar refractivity (Wildman–Crippen MR) is 106 cm³/mol. The summed E-state index contributed by atoms with van der Waals surface area (Å²) in [7, 11) is 0. The summed E-state index contributed by atoms with van der Waals surface area (Å²) in [4.78, 5) is 16.0. The van der Waals surface area contributed by atoms with Crippen molar-refractivity contribution < 1.29 is 16.8 Å². The minimum absolute atomic E-state index is 0. The van der Waals surface area contributed by atoms with Crippen LogP contribution in [-0.2, 0) is 16.8 Å². The molecule has 4 nitrogen and oxygen atoms in total. The number of nitrogens with zero attached hydrogens (tertiary/aromatic N) is 2. The van der Waals surface area contributed by atoms with Crippen molar-refractivity contribution in [3.05, 3.63) is 71.3 Å². The summed E-state index contributed by atoms with van der Waals surface area (Å²) in [5.41, 5.74) is 7.86. The number of H-pyrrole nitrogens is 2. The van der Waals surface area contributed by atoms with Gasteiger partial charge in [0.25, 0.3) is 0 Å². The Morgan fingerprint density at radius 2 is 0.769 bits per heavy atom. The van der Waals surface area contributed by atoms with Gasteiger partial charge in [0.1, 0.15) is 0 Å². The molecule has 3 aromatic rings. The van der Waals surface area contributed by atoms with Crippen LogP contribution in [0.5, 0.6) is 0 Å². The Hall–Kier alpha value is -2.89. The molecule has 0 spiro atoms. The Labute approximate surface area is 161 Å². The number of hydrogen-bond acceptors (Lipinski definition) is 2. The van der Waals surface area contributed by atoms with E-state index in [1.807, 2.05) is 48.6 Å². The van der Waals surface area contributed by atoms with E-state index in [-0.39, 0.29) is 24.2 Å². The first-order chi connectivity index (χ1) is 11.8. The minimum Gasteiger partial charge on any atom is -0.355 e. The third-order valence-electron chi connectivity index (χ3n) is 4.04. The van der Waals surface area contributed by atoms with Crippen LogP contribution in [0.25, 0.3) is 46.4 Å². The molecule has 0 unspecified atom stereocenters. The summed E-state index contributed by atoms with van der Waals surface area (Å²) >= 11 is 0. The smallest absolute Gasteiger partial charge is 0.0658 e. The van der Waals surface area contributed by atoms with E-state index in [4.69, 9.17) is 0 Å². The van der Waals surface area contributed by atoms with Crippen LogP contribution in [0.15, 0.2) is 48.5 Å². The molecule has 5 heteroatoms. The van der Waals surface area contributed by atoms with Crippen molar-refractivity contribution in [2.75, 3.05) is 0 Å². The number of aromatic nitrogens is 4. The second kappa shape index (κ2) is 7.15. The van der Waals surface area contributed by atoms with Crippen molar-refractivity contribution in [1.82, 2.24) is 19.9 Å². The molecule has 0 aliphatic carbocycles. The summed E-state index contributed by atoms with van der Waals surface area (Å²) in [6.07, 6.45) is 8.09. The molecular weight excluding hydrogens is 367 g/mol. The molecule has 131 valence electrons. The van der Waals surface area contributed by atoms with Crippen LogP contribution < -0.4 is 0 Å². The number of nitrogens with one attached hydrogen (secondary N) is 2. The van der Waals surface area contributed by atoms with Crippen molar-refractivity contribution in [2.24, 2.45) is 0 Å². The molecular formula is C21H18CoN4. The van der Waals surface area contributed by atoms with Gasteiger partial charge >= 0.3 is 0 Å². The minimum atomic E-state index is 0. The van der Waals surface area contributed by atoms with Gasteiger partial charge in [0.05, 0.1) is 22.8 Å². The summed E-state index contributed by atoms with van der Waals surface area (Å²) in [6, 6.07) is 16.4. The zero-order chi connectivity index (χ0) is 15.9. The maximum absolute atomic E-state index is 4.63. The third-order valence-corrected chi connectivity index (χ3v) is 4.04. The normalized spacial score (nSPS) is 11.7. The van der Waals surface area contributed by atoms with Crippen molar-refractivity contribution in [3.63, 3.8) is 0 Å². The van der Waals surface area contributed by atoms with Gasteiger partial charge in [0, 0.05) is 38.8 Å². The van der Waals surface area contributed by atoms with Gasteiger partial charge in [-0.3, -0.25) is 0 Å². The maximum atomic E-state index is 4.63. The quantitative estimate of drug-likeness (QED) is 0.381. The standard InChI is InChI=1S/C20H14N4.CH4.Co/c1-2-14-10-16-5-6-18(23-16)12-20-8-7-19(24-20)11-17-4-3-15(22-17)9-13(1)21-14;;/h1-12,21,24H;1H4;. The van der Waals surface area contributed by atoms with Gasteiger partial charge in [-0.15, -0.1) is 0 Å². The average Bonchev–Trinajstić information content (AvgIpc) is 3.32. The molecule has 8 bridgehead atoms. The summed E-state index contributed by atoms with van der Waals surface area (Å²) < 4.78 is 0. The van der Waals surface area contributed by atoms with Gasteiger partial charge in [-0.2, -0.15) is 0 Å². The molecule has 0 amide bonds. The van der Waals surface area contributed by atoms with Crippen molar-refractivity contribution in [2.45, 2.75) is 7.43 Å². The molecule has 0 fully saturated rings. The molecule has 2 aliphatic rings. The van der Waals surface area contributed by atoms with Crippen molar-refractivity contribution >= 4 is 46.4 Å². The fourth-order valence-electron chi connectivity index (χ4n) is 2.94. The van der Waals surface area contributed by atoms with E-state index in [0.29, 0.717) is 0 Å². The van der Waals surface area contributed by atoms with E-state index < -0.39 is 0 Å². The molecule has 5 heterocycles. The fourth-order valence-corrected chi connectivity index (χ4v) is 2.94. The van der Waals surface area contributed by atoms with E-state index in [0.717, 1.165) is 44.8 Å². The van der Waals surface area contributed by atoms with E-state index >= 15 is 0 Å². The first kappa shape index (κ1) is 17.9. The number of aromatic amines is 2. The summed E-state index contributed by atoms with van der Waals surface area (Å²) in [6.45, 7) is 0. The molecule has 0 saturated heterocycles. The van der Waals surface area contributed by atoms with Crippen molar-refractivity contribution in [3.8, 4) is 0 Å². The second-order valence-corrected chi connectivity index (χ2v) is 5.91. The molecule has 26 heavy (non-hydrogen) atoms. The van der Waals surface area contributed by atoms with E-state index in [9.17, 15) is 0 Å². The van der Waals surface area contributed by atoms with Gasteiger partial charge in [0.15, 0.2) is 0 Å². The van der Waals surface area contributed by atoms with Gasteiger partial charge in [-0.25, -0.2) is 9.97 Å². The number of hydrogen-bond donors (Lipinski definition) is 2. The molecule has 0 atom stereocenters. The third kappa shape index (κ3) is 3.54. The van der Waals surface area contributed by atoms with Crippen LogP contribution in [0.1, 0.15) is 30.2 Å². The van der Waals surface area contributed by atoms with Crippen LogP contribution in [0.2, 0.25) is 0 Å². The molecule has 0 aromatic carbocycles. The van der Waals surface area contributed by atoms with Gasteiger partial charge < -0.3 is 9.97 Å². The monoisotopic (exact) mass is 385 g/mol. The summed E-state index contributed by atoms with van der Waals surface area (Å²) in [5.74, 6) is 0. The van der Waals surface area contributed by atoms with E-state index in [2.05, 4.69) is 44.2 Å². The van der Waals surface area contributed by atoms with E-state index in [1.54, 1.807) is 0 Å². The van der Waals surface area contributed by atoms with Crippen molar-refractivity contribution in [1.29, 1.82) is 0 Å². The Balaban J connectivity index is 0.000000980. The molecule has 5 rings (SSSR count). The molecule has 2 N–H and O–H groups in total. The maximum Gasteiger partial charge on any atom is 0.0658 e. The zero-order valence-electron chi connectivity index (χ0n) is 13.2. The fraction of sp³-hybridized carbons (Fsp3) is 0.0476. The van der Waals surface area contributed by atoms with Crippen LogP contribution in [-0.4, -0.2) is 19.9 Å². The number of fused-ring (bicyclic) bond motifs is 8. The first-order valence-electron chi connectivity index (χ1n) is 7.85. The summed E-state index contributed by atoms with van der Waals surface area (Å²) in [5, 5.41) is 0. The Morgan fingerprint density at radius 3 is 1.04 bits per heavy atom. The van der Waals surface area contributed by atoms with Crippen LogP contribution in [0, 0.1) is 0 Å². The first-order valence-corrected chi connectivity index (χ1v) is 7.85. The number of rotatable bonds is 0. The zero-order valence-corrected chi connectivity index (χ0v) is 14.2. The second-order valence-electron chi connectivity index (χ2n) is 5.91. The molecule has 3 aromatic heterocycles. The topological polar surface area (TPSA) is 57.4 Å². The largest absolute Gasteiger partial charge is 0.355 e. The molecule has 0 saturated carbocycles. The van der Waals surface area contributed by atoms with Gasteiger partial charge in [0.2, 0.25) is 0 Å². The Bertz CT molecular complexity index is 990. The van der Waals surface area contributed by atoms with Gasteiger partial charge in [-0.1, -0.05) is 7.43 Å². The average molecular weight is 385 g/mol. The van der Waals surface area contributed by atoms with Crippen LogP contribution >= 0.6 is 0 Å². The SMILES string of the molecule is C.C1=Cc2cc3ccc(cc4nc(cc5ccc(cc1n2)[nH]5)C=C4)[nH]3.[Co]. The Kier molecular flexibility index (Phi) is 4.93.